The summed E-state index contributed by atoms with van der Waals surface area (Å²) in [6.45, 7) is 0. The van der Waals surface area contributed by atoms with Crippen molar-refractivity contribution < 1.29 is 9.59 Å². The molecule has 1 aromatic carbocycles. The van der Waals surface area contributed by atoms with Crippen molar-refractivity contribution in [3.8, 4) is 0 Å². The number of halogens is 1. The third kappa shape index (κ3) is 2.62. The average molecular weight is 351 g/mol. The fourth-order valence-electron chi connectivity index (χ4n) is 2.07. The summed E-state index contributed by atoms with van der Waals surface area (Å²) < 4.78 is 0. The normalized spacial score (nSPS) is 15.8. The minimum absolute atomic E-state index is 0.0728. The van der Waals surface area contributed by atoms with Crippen molar-refractivity contribution in [1.29, 1.82) is 0 Å². The van der Waals surface area contributed by atoms with Crippen molar-refractivity contribution in [3.63, 3.8) is 0 Å². The number of nitrogens with one attached hydrogen (secondary N) is 2. The van der Waals surface area contributed by atoms with E-state index in [0.717, 1.165) is 5.56 Å². The quantitative estimate of drug-likeness (QED) is 0.643. The highest BCUT2D eigenvalue weighted by molar-refractivity contribution is 9.09. The Morgan fingerprint density at radius 1 is 1.10 bits per heavy atom. The van der Waals surface area contributed by atoms with Gasteiger partial charge in [-0.2, -0.15) is 0 Å². The summed E-state index contributed by atoms with van der Waals surface area (Å²) in [4.78, 5) is 24.3. The molecule has 20 heavy (non-hydrogen) atoms. The van der Waals surface area contributed by atoms with E-state index in [0.29, 0.717) is 11.4 Å². The number of alkyl halides is 1. The number of hydrogen-bond acceptors (Lipinski definition) is 3. The van der Waals surface area contributed by atoms with Crippen LogP contribution in [0, 0.1) is 0 Å². The van der Waals surface area contributed by atoms with Gasteiger partial charge in [0, 0.05) is 4.88 Å². The molecule has 1 atom stereocenters. The molecule has 0 bridgehead atoms. The van der Waals surface area contributed by atoms with Crippen molar-refractivity contribution in [1.82, 2.24) is 0 Å². The zero-order valence-corrected chi connectivity index (χ0v) is 12.8. The summed E-state index contributed by atoms with van der Waals surface area (Å²) in [6, 6.07) is 9.69. The van der Waals surface area contributed by atoms with Gasteiger partial charge in [0.05, 0.1) is 16.2 Å². The van der Waals surface area contributed by atoms with Crippen LogP contribution in [0.4, 0.5) is 11.4 Å². The number of hydrogen-bond donors (Lipinski definition) is 2. The fraction of sp³-hybridized carbons (Fsp3) is 0.143. The molecule has 1 aromatic heterocycles. The van der Waals surface area contributed by atoms with Gasteiger partial charge in [-0.05, 0) is 29.1 Å². The molecule has 1 aliphatic rings. The lowest BCUT2D eigenvalue weighted by atomic mass is 10.1. The van der Waals surface area contributed by atoms with Gasteiger partial charge < -0.3 is 10.6 Å². The lowest BCUT2D eigenvalue weighted by Gasteiger charge is -2.13. The summed E-state index contributed by atoms with van der Waals surface area (Å²) in [5.74, 6) is -0.580. The van der Waals surface area contributed by atoms with E-state index in [9.17, 15) is 9.59 Å². The highest BCUT2D eigenvalue weighted by atomic mass is 79.9. The van der Waals surface area contributed by atoms with Gasteiger partial charge in [-0.3, -0.25) is 9.59 Å². The molecule has 0 saturated carbocycles. The van der Waals surface area contributed by atoms with E-state index >= 15 is 0 Å². The molecule has 1 aliphatic heterocycles. The van der Waals surface area contributed by atoms with Crippen LogP contribution in [0.2, 0.25) is 0 Å². The molecule has 0 radical (unpaired) electrons. The van der Waals surface area contributed by atoms with E-state index in [1.54, 1.807) is 11.3 Å². The molecule has 2 amide bonds. The summed E-state index contributed by atoms with van der Waals surface area (Å²) in [6.07, 6.45) is -0.146. The maximum atomic E-state index is 11.6. The first kappa shape index (κ1) is 13.3. The van der Waals surface area contributed by atoms with Gasteiger partial charge in [0.15, 0.2) is 0 Å². The van der Waals surface area contributed by atoms with E-state index in [2.05, 4.69) is 32.6 Å². The zero-order chi connectivity index (χ0) is 14.1. The van der Waals surface area contributed by atoms with Crippen molar-refractivity contribution in [2.75, 3.05) is 10.6 Å². The number of fused-ring (bicyclic) bond motifs is 1. The first-order valence-corrected chi connectivity index (χ1v) is 7.84. The number of anilines is 2. The van der Waals surface area contributed by atoms with Crippen LogP contribution in [0.15, 0.2) is 35.7 Å². The van der Waals surface area contributed by atoms with Crippen LogP contribution in [0.25, 0.3) is 0 Å². The smallest absolute Gasteiger partial charge is 0.233 e. The molecule has 2 aromatic rings. The Balaban J connectivity index is 1.96. The molecule has 0 spiro atoms. The Morgan fingerprint density at radius 3 is 2.55 bits per heavy atom. The Labute approximate surface area is 128 Å². The lowest BCUT2D eigenvalue weighted by Crippen LogP contribution is -2.16. The van der Waals surface area contributed by atoms with Crippen LogP contribution in [-0.4, -0.2) is 11.8 Å². The minimum Gasteiger partial charge on any atom is -0.324 e. The molecule has 0 aliphatic carbocycles. The Morgan fingerprint density at radius 2 is 1.85 bits per heavy atom. The van der Waals surface area contributed by atoms with Crippen molar-refractivity contribution in [2.45, 2.75) is 11.2 Å². The number of rotatable bonds is 2. The average Bonchev–Trinajstić information content (AvgIpc) is 2.88. The second-order valence-corrected chi connectivity index (χ2v) is 6.35. The number of thiophene rings is 1. The van der Waals surface area contributed by atoms with Gasteiger partial charge in [0.25, 0.3) is 0 Å². The van der Waals surface area contributed by atoms with Crippen molar-refractivity contribution >= 4 is 50.5 Å². The van der Waals surface area contributed by atoms with E-state index in [-0.39, 0.29) is 23.1 Å². The molecule has 102 valence electrons. The molecule has 6 heteroatoms. The summed E-state index contributed by atoms with van der Waals surface area (Å²) >= 11 is 5.32. The topological polar surface area (TPSA) is 58.2 Å². The summed E-state index contributed by atoms with van der Waals surface area (Å²) in [5, 5.41) is 7.50. The fourth-order valence-corrected chi connectivity index (χ4v) is 3.55. The molecule has 1 unspecified atom stereocenters. The van der Waals surface area contributed by atoms with Gasteiger partial charge in [-0.25, -0.2) is 0 Å². The molecule has 2 N–H and O–H groups in total. The maximum Gasteiger partial charge on any atom is 0.233 e. The summed E-state index contributed by atoms with van der Waals surface area (Å²) in [7, 11) is 0. The first-order valence-electron chi connectivity index (χ1n) is 6.04. The highest BCUT2D eigenvalue weighted by Crippen LogP contribution is 2.37. The van der Waals surface area contributed by atoms with Crippen molar-refractivity contribution in [3.05, 3.63) is 46.2 Å². The van der Waals surface area contributed by atoms with Crippen molar-refractivity contribution in [2.24, 2.45) is 0 Å². The Bertz CT molecular complexity index is 670. The molecule has 4 nitrogen and oxygen atoms in total. The molecule has 0 fully saturated rings. The number of carbonyl (C=O) groups excluding carboxylic acids is 2. The number of benzene rings is 1. The minimum atomic E-state index is -0.291. The SMILES string of the molecule is O=C1CC(=O)Nc2cc(C(Br)c3cccs3)ccc2N1. The first-order chi connectivity index (χ1) is 9.63. The predicted molar refractivity (Wildman–Crippen MR) is 83.4 cm³/mol. The summed E-state index contributed by atoms with van der Waals surface area (Å²) in [5.41, 5.74) is 2.30. The third-order valence-electron chi connectivity index (χ3n) is 3.00. The van der Waals surface area contributed by atoms with E-state index < -0.39 is 0 Å². The maximum absolute atomic E-state index is 11.6. The Hall–Kier alpha value is -1.66. The molecule has 3 rings (SSSR count). The van der Waals surface area contributed by atoms with Gasteiger partial charge >= 0.3 is 0 Å². The number of carbonyl (C=O) groups is 2. The van der Waals surface area contributed by atoms with Crippen LogP contribution in [0.5, 0.6) is 0 Å². The van der Waals surface area contributed by atoms with Crippen LogP contribution in [0.3, 0.4) is 0 Å². The van der Waals surface area contributed by atoms with Gasteiger partial charge in [0.1, 0.15) is 6.42 Å². The predicted octanol–water partition coefficient (Wildman–Crippen LogP) is 3.51. The Kier molecular flexibility index (Phi) is 3.58. The van der Waals surface area contributed by atoms with E-state index in [1.807, 2.05) is 29.6 Å². The van der Waals surface area contributed by atoms with Crippen LogP contribution >= 0.6 is 27.3 Å². The molecule has 2 heterocycles. The van der Waals surface area contributed by atoms with Crippen LogP contribution in [-0.2, 0) is 9.59 Å². The molecule has 0 saturated heterocycles. The van der Waals surface area contributed by atoms with E-state index in [1.165, 1.54) is 4.88 Å². The second kappa shape index (κ2) is 5.38. The largest absolute Gasteiger partial charge is 0.324 e. The van der Waals surface area contributed by atoms with E-state index in [4.69, 9.17) is 0 Å². The molecular weight excluding hydrogens is 340 g/mol. The highest BCUT2D eigenvalue weighted by Gasteiger charge is 2.20. The second-order valence-electron chi connectivity index (χ2n) is 4.46. The van der Waals surface area contributed by atoms with Gasteiger partial charge in [-0.1, -0.05) is 28.1 Å². The lowest BCUT2D eigenvalue weighted by molar-refractivity contribution is -0.123. The van der Waals surface area contributed by atoms with Crippen LogP contribution < -0.4 is 10.6 Å². The van der Waals surface area contributed by atoms with Gasteiger partial charge in [-0.15, -0.1) is 11.3 Å². The van der Waals surface area contributed by atoms with Gasteiger partial charge in [0.2, 0.25) is 11.8 Å². The van der Waals surface area contributed by atoms with Crippen LogP contribution in [0.1, 0.15) is 21.7 Å². The monoisotopic (exact) mass is 350 g/mol. The standard InChI is InChI=1S/C14H11BrN2O2S/c15-14(11-2-1-5-20-11)8-3-4-9-10(6-8)17-13(19)7-12(18)16-9/h1-6,14H,7H2,(H,16,18)(H,17,19). The zero-order valence-electron chi connectivity index (χ0n) is 10.4. The third-order valence-corrected chi connectivity index (χ3v) is 5.26. The molecular formula is C14H11BrN2O2S. The number of amides is 2.